The van der Waals surface area contributed by atoms with Gasteiger partial charge in [-0.1, -0.05) is 6.07 Å². The lowest BCUT2D eigenvalue weighted by Gasteiger charge is -2.11. The highest BCUT2D eigenvalue weighted by molar-refractivity contribution is 9.10. The third kappa shape index (κ3) is 5.28. The molecule has 4 aromatic rings. The van der Waals surface area contributed by atoms with E-state index in [-0.39, 0.29) is 16.5 Å². The molecule has 8 nitrogen and oxygen atoms in total. The van der Waals surface area contributed by atoms with Crippen LogP contribution in [0, 0.1) is 0 Å². The molecular weight excluding hydrogens is 496 g/mol. The lowest BCUT2D eigenvalue weighted by Crippen LogP contribution is -2.34. The Morgan fingerprint density at radius 2 is 2.03 bits per heavy atom. The Hall–Kier alpha value is -3.34. The quantitative estimate of drug-likeness (QED) is 0.379. The zero-order valence-corrected chi connectivity index (χ0v) is 19.3. The molecule has 4 N–H and O–H groups in total. The molecule has 0 spiro atoms. The second-order valence-corrected chi connectivity index (χ2v) is 7.67. The average molecular weight is 515 g/mol. The number of carbonyl (C=O) groups excluding carboxylic acids is 1. The predicted octanol–water partition coefficient (Wildman–Crippen LogP) is 4.35. The zero-order valence-electron chi connectivity index (χ0n) is 16.9. The number of fused-ring (bicyclic) bond motifs is 1. The summed E-state index contributed by atoms with van der Waals surface area (Å²) in [6, 6.07) is 16.1. The minimum atomic E-state index is -0.331. The minimum Gasteiger partial charge on any atom is -0.493 e. The summed E-state index contributed by atoms with van der Waals surface area (Å²) < 4.78 is 11.9. The van der Waals surface area contributed by atoms with E-state index in [2.05, 4.69) is 36.5 Å². The molecule has 0 bridgehead atoms. The first-order valence-electron chi connectivity index (χ1n) is 9.40. The van der Waals surface area contributed by atoms with Gasteiger partial charge in [-0.25, -0.2) is 4.98 Å². The monoisotopic (exact) mass is 514 g/mol. The molecule has 164 valence electrons. The molecule has 2 heterocycles. The molecular formula is C22H19BrN4O4S. The number of aromatic nitrogens is 2. The third-order valence-corrected chi connectivity index (χ3v) is 5.08. The highest BCUT2D eigenvalue weighted by Crippen LogP contribution is 2.27. The number of halogens is 1. The van der Waals surface area contributed by atoms with Gasteiger partial charge in [0, 0.05) is 23.0 Å². The van der Waals surface area contributed by atoms with Crippen molar-refractivity contribution in [1.82, 2.24) is 15.3 Å². The number of ether oxygens (including phenoxy) is 1. The molecule has 0 aliphatic carbocycles. The van der Waals surface area contributed by atoms with E-state index in [0.717, 1.165) is 5.56 Å². The van der Waals surface area contributed by atoms with Crippen LogP contribution in [0.5, 0.6) is 5.75 Å². The van der Waals surface area contributed by atoms with Crippen molar-refractivity contribution in [1.29, 1.82) is 0 Å². The van der Waals surface area contributed by atoms with Crippen LogP contribution in [-0.2, 0) is 0 Å². The number of thiocarbonyl (C=S) groups is 1. The first-order chi connectivity index (χ1) is 15.0. The standard InChI is InChI=1S/C22H17BrN4O3S.H2O/c1-2-29-17-9-8-13(12-16(17)23)20(28)27-22(31)25-15-6-3-5-14(11-15)21-26-19-18(30-21)7-4-10-24-19;/h3-12H,2H2,1H3,(H2,25,27,28,31);1H2. The molecule has 0 unspecified atom stereocenters. The number of hydrogen-bond acceptors (Lipinski definition) is 6. The van der Waals surface area contributed by atoms with Crippen LogP contribution < -0.4 is 15.4 Å². The van der Waals surface area contributed by atoms with Crippen LogP contribution in [0.4, 0.5) is 5.69 Å². The van der Waals surface area contributed by atoms with Crippen molar-refractivity contribution in [2.45, 2.75) is 6.92 Å². The van der Waals surface area contributed by atoms with Crippen molar-refractivity contribution in [2.24, 2.45) is 0 Å². The van der Waals surface area contributed by atoms with Crippen molar-refractivity contribution in [3.8, 4) is 17.2 Å². The van der Waals surface area contributed by atoms with E-state index in [4.69, 9.17) is 21.4 Å². The van der Waals surface area contributed by atoms with Crippen LogP contribution >= 0.6 is 28.1 Å². The van der Waals surface area contributed by atoms with Crippen LogP contribution in [-0.4, -0.2) is 33.1 Å². The molecule has 0 aliphatic rings. The lowest BCUT2D eigenvalue weighted by atomic mass is 10.2. The predicted molar refractivity (Wildman–Crippen MR) is 130 cm³/mol. The number of carbonyl (C=O) groups is 1. The van der Waals surface area contributed by atoms with Crippen LogP contribution in [0.2, 0.25) is 0 Å². The molecule has 1 amide bonds. The Kier molecular flexibility index (Phi) is 7.52. The Morgan fingerprint density at radius 3 is 2.78 bits per heavy atom. The van der Waals surface area contributed by atoms with Gasteiger partial charge >= 0.3 is 0 Å². The number of oxazole rings is 1. The molecule has 0 saturated heterocycles. The second kappa shape index (κ2) is 10.3. The summed E-state index contributed by atoms with van der Waals surface area (Å²) in [6.45, 7) is 2.44. The van der Waals surface area contributed by atoms with E-state index >= 15 is 0 Å². The van der Waals surface area contributed by atoms with Crippen molar-refractivity contribution < 1.29 is 19.4 Å². The molecule has 2 aromatic heterocycles. The third-order valence-electron chi connectivity index (χ3n) is 4.25. The zero-order chi connectivity index (χ0) is 21.8. The fourth-order valence-corrected chi connectivity index (χ4v) is 3.58. The van der Waals surface area contributed by atoms with E-state index in [1.807, 2.05) is 37.3 Å². The van der Waals surface area contributed by atoms with Gasteiger partial charge in [-0.2, -0.15) is 4.98 Å². The van der Waals surface area contributed by atoms with Crippen molar-refractivity contribution >= 4 is 56.1 Å². The van der Waals surface area contributed by atoms with E-state index in [1.54, 1.807) is 30.5 Å². The maximum absolute atomic E-state index is 12.5. The van der Waals surface area contributed by atoms with Gasteiger partial charge in [-0.3, -0.25) is 10.1 Å². The van der Waals surface area contributed by atoms with Crippen LogP contribution in [0.25, 0.3) is 22.7 Å². The Bertz CT molecular complexity index is 1240. The van der Waals surface area contributed by atoms with Gasteiger partial charge in [0.1, 0.15) is 5.75 Å². The number of amides is 1. The summed E-state index contributed by atoms with van der Waals surface area (Å²) in [5.41, 5.74) is 3.05. The number of anilines is 1. The fraction of sp³-hybridized carbons (Fsp3) is 0.0909. The van der Waals surface area contributed by atoms with Crippen molar-refractivity contribution in [2.75, 3.05) is 11.9 Å². The molecule has 0 atom stereocenters. The van der Waals surface area contributed by atoms with Crippen molar-refractivity contribution in [3.63, 3.8) is 0 Å². The molecule has 4 rings (SSSR count). The number of nitrogens with zero attached hydrogens (tertiary/aromatic N) is 2. The number of hydrogen-bond donors (Lipinski definition) is 2. The maximum atomic E-state index is 12.5. The summed E-state index contributed by atoms with van der Waals surface area (Å²) >= 11 is 8.70. The molecule has 10 heteroatoms. The van der Waals surface area contributed by atoms with Gasteiger partial charge in [0.05, 0.1) is 11.1 Å². The number of nitrogens with one attached hydrogen (secondary N) is 2. The molecule has 0 radical (unpaired) electrons. The normalized spacial score (nSPS) is 10.3. The molecule has 0 aliphatic heterocycles. The van der Waals surface area contributed by atoms with E-state index in [1.165, 1.54) is 0 Å². The van der Waals surface area contributed by atoms with Crippen LogP contribution in [0.15, 0.2) is 69.7 Å². The molecule has 0 saturated carbocycles. The van der Waals surface area contributed by atoms with Gasteiger partial charge in [0.2, 0.25) is 5.89 Å². The highest BCUT2D eigenvalue weighted by atomic mass is 79.9. The summed E-state index contributed by atoms with van der Waals surface area (Å²) in [7, 11) is 0. The highest BCUT2D eigenvalue weighted by Gasteiger charge is 2.12. The summed E-state index contributed by atoms with van der Waals surface area (Å²) in [5.74, 6) is 0.792. The largest absolute Gasteiger partial charge is 0.493 e. The number of benzene rings is 2. The van der Waals surface area contributed by atoms with Gasteiger partial charge in [-0.15, -0.1) is 0 Å². The van der Waals surface area contributed by atoms with Gasteiger partial charge < -0.3 is 19.9 Å². The summed E-state index contributed by atoms with van der Waals surface area (Å²) in [4.78, 5) is 21.1. The van der Waals surface area contributed by atoms with Gasteiger partial charge in [0.15, 0.2) is 16.3 Å². The van der Waals surface area contributed by atoms with Gasteiger partial charge in [-0.05, 0) is 83.6 Å². The van der Waals surface area contributed by atoms with Crippen molar-refractivity contribution in [3.05, 3.63) is 70.8 Å². The van der Waals surface area contributed by atoms with E-state index in [0.29, 0.717) is 45.2 Å². The average Bonchev–Trinajstić information content (AvgIpc) is 3.20. The number of pyridine rings is 1. The van der Waals surface area contributed by atoms with E-state index in [9.17, 15) is 4.79 Å². The molecule has 2 aromatic carbocycles. The maximum Gasteiger partial charge on any atom is 0.257 e. The lowest BCUT2D eigenvalue weighted by molar-refractivity contribution is 0.0977. The Labute approximate surface area is 197 Å². The molecule has 32 heavy (non-hydrogen) atoms. The second-order valence-electron chi connectivity index (χ2n) is 6.41. The Morgan fingerprint density at radius 1 is 1.19 bits per heavy atom. The summed E-state index contributed by atoms with van der Waals surface area (Å²) in [5, 5.41) is 5.86. The fourth-order valence-electron chi connectivity index (χ4n) is 2.87. The van der Waals surface area contributed by atoms with E-state index < -0.39 is 0 Å². The van der Waals surface area contributed by atoms with Crippen LogP contribution in [0.3, 0.4) is 0 Å². The number of rotatable bonds is 5. The van der Waals surface area contributed by atoms with Gasteiger partial charge in [0.25, 0.3) is 5.91 Å². The smallest absolute Gasteiger partial charge is 0.257 e. The first kappa shape index (κ1) is 23.3. The van der Waals surface area contributed by atoms with Crippen LogP contribution in [0.1, 0.15) is 17.3 Å². The SMILES string of the molecule is CCOc1ccc(C(=O)NC(=S)Nc2cccc(-c3nc4ncccc4o3)c2)cc1Br.O. The topological polar surface area (TPSA) is 121 Å². The Balaban J connectivity index is 0.00000289. The summed E-state index contributed by atoms with van der Waals surface area (Å²) in [6.07, 6.45) is 1.66. The minimum absolute atomic E-state index is 0. The molecule has 0 fully saturated rings. The first-order valence-corrected chi connectivity index (χ1v) is 10.6.